The van der Waals surface area contributed by atoms with Crippen molar-refractivity contribution in [2.75, 3.05) is 5.32 Å². The van der Waals surface area contributed by atoms with E-state index < -0.39 is 0 Å². The van der Waals surface area contributed by atoms with E-state index in [-0.39, 0.29) is 5.91 Å². The molecule has 2 aromatic heterocycles. The van der Waals surface area contributed by atoms with Crippen LogP contribution in [0.5, 0.6) is 0 Å². The fourth-order valence-electron chi connectivity index (χ4n) is 3.41. The van der Waals surface area contributed by atoms with Crippen LogP contribution in [0.15, 0.2) is 28.8 Å². The first-order valence-electron chi connectivity index (χ1n) is 8.67. The molecule has 0 fully saturated rings. The van der Waals surface area contributed by atoms with Crippen LogP contribution in [0.1, 0.15) is 45.0 Å². The molecule has 0 bridgehead atoms. The standard InChI is InChI=1S/C20H16ClN3O2S/c1-11-17(18(24-26-11)13-7-2-4-8-15(13)21)19(25)23-20-14(10-22)12-6-3-5-9-16(12)27-20/h2,4,7-8H,3,5-6,9H2,1H3,(H,23,25). The summed E-state index contributed by atoms with van der Waals surface area (Å²) in [6.07, 6.45) is 4.05. The second-order valence-corrected chi connectivity index (χ2v) is 7.94. The first-order valence-corrected chi connectivity index (χ1v) is 9.86. The molecule has 0 radical (unpaired) electrons. The van der Waals surface area contributed by atoms with Crippen LogP contribution in [-0.2, 0) is 12.8 Å². The average Bonchev–Trinajstić information content (AvgIpc) is 3.21. The molecule has 0 atom stereocenters. The maximum atomic E-state index is 13.0. The highest BCUT2D eigenvalue weighted by atomic mass is 35.5. The maximum Gasteiger partial charge on any atom is 0.262 e. The molecule has 136 valence electrons. The summed E-state index contributed by atoms with van der Waals surface area (Å²) in [5.74, 6) is 0.0565. The molecule has 0 unspecified atom stereocenters. The van der Waals surface area contributed by atoms with Gasteiger partial charge in [0.2, 0.25) is 0 Å². The number of hydrogen-bond acceptors (Lipinski definition) is 5. The quantitative estimate of drug-likeness (QED) is 0.644. The number of nitriles is 1. The number of nitrogens with zero attached hydrogens (tertiary/aromatic N) is 2. The minimum atomic E-state index is -0.348. The van der Waals surface area contributed by atoms with Crippen LogP contribution in [0.2, 0.25) is 5.02 Å². The van der Waals surface area contributed by atoms with Gasteiger partial charge < -0.3 is 9.84 Å². The Labute approximate surface area is 165 Å². The molecule has 4 rings (SSSR count). The molecule has 27 heavy (non-hydrogen) atoms. The summed E-state index contributed by atoms with van der Waals surface area (Å²) in [5, 5.41) is 17.6. The van der Waals surface area contributed by atoms with Crippen molar-refractivity contribution >= 4 is 33.8 Å². The Bertz CT molecular complexity index is 1080. The number of carbonyl (C=O) groups is 1. The van der Waals surface area contributed by atoms with E-state index in [9.17, 15) is 10.1 Å². The van der Waals surface area contributed by atoms with Crippen molar-refractivity contribution in [1.82, 2.24) is 5.16 Å². The molecule has 1 amide bonds. The van der Waals surface area contributed by atoms with E-state index in [4.69, 9.17) is 16.1 Å². The number of nitrogens with one attached hydrogen (secondary N) is 1. The summed E-state index contributed by atoms with van der Waals surface area (Å²) in [6.45, 7) is 1.69. The van der Waals surface area contributed by atoms with Gasteiger partial charge in [0.25, 0.3) is 5.91 Å². The fourth-order valence-corrected chi connectivity index (χ4v) is 4.87. The number of benzene rings is 1. The minimum absolute atomic E-state index is 0.332. The third kappa shape index (κ3) is 3.14. The molecule has 0 aliphatic heterocycles. The molecular formula is C20H16ClN3O2S. The third-order valence-electron chi connectivity index (χ3n) is 4.73. The van der Waals surface area contributed by atoms with Gasteiger partial charge in [-0.05, 0) is 44.2 Å². The van der Waals surface area contributed by atoms with Crippen molar-refractivity contribution in [1.29, 1.82) is 5.26 Å². The molecule has 1 aromatic carbocycles. The highest BCUT2D eigenvalue weighted by molar-refractivity contribution is 7.16. The topological polar surface area (TPSA) is 78.9 Å². The first kappa shape index (κ1) is 17.8. The Hall–Kier alpha value is -2.62. The number of aromatic nitrogens is 1. The molecule has 5 nitrogen and oxygen atoms in total. The van der Waals surface area contributed by atoms with Gasteiger partial charge in [0.05, 0.1) is 10.6 Å². The van der Waals surface area contributed by atoms with Crippen LogP contribution >= 0.6 is 22.9 Å². The number of aryl methyl sites for hydroxylation is 2. The second-order valence-electron chi connectivity index (χ2n) is 6.42. The van der Waals surface area contributed by atoms with Gasteiger partial charge in [-0.1, -0.05) is 35.0 Å². The Morgan fingerprint density at radius 2 is 2.11 bits per heavy atom. The van der Waals surface area contributed by atoms with Gasteiger partial charge in [-0.15, -0.1) is 11.3 Å². The molecule has 1 aliphatic carbocycles. The Kier molecular flexibility index (Phi) is 4.73. The van der Waals surface area contributed by atoms with Crippen molar-refractivity contribution in [3.8, 4) is 17.3 Å². The maximum absolute atomic E-state index is 13.0. The molecule has 1 aliphatic rings. The van der Waals surface area contributed by atoms with Gasteiger partial charge in [0, 0.05) is 10.4 Å². The van der Waals surface area contributed by atoms with Crippen LogP contribution in [0.25, 0.3) is 11.3 Å². The van der Waals surface area contributed by atoms with Gasteiger partial charge in [-0.25, -0.2) is 0 Å². The predicted octanol–water partition coefficient (Wildman–Crippen LogP) is 5.37. The number of carbonyl (C=O) groups excluding carboxylic acids is 1. The second kappa shape index (κ2) is 7.18. The summed E-state index contributed by atoms with van der Waals surface area (Å²) >= 11 is 7.76. The Morgan fingerprint density at radius 1 is 1.33 bits per heavy atom. The zero-order valence-corrected chi connectivity index (χ0v) is 16.2. The summed E-state index contributed by atoms with van der Waals surface area (Å²) in [6, 6.07) is 9.43. The SMILES string of the molecule is Cc1onc(-c2ccccc2Cl)c1C(=O)Nc1sc2c(c1C#N)CCCC2. The molecule has 2 heterocycles. The van der Waals surface area contributed by atoms with Crippen LogP contribution in [0, 0.1) is 18.3 Å². The molecule has 1 N–H and O–H groups in total. The fraction of sp³-hybridized carbons (Fsp3) is 0.250. The summed E-state index contributed by atoms with van der Waals surface area (Å²) in [7, 11) is 0. The van der Waals surface area contributed by atoms with E-state index in [0.717, 1.165) is 31.2 Å². The lowest BCUT2D eigenvalue weighted by Crippen LogP contribution is -2.13. The van der Waals surface area contributed by atoms with Crippen LogP contribution in [0.3, 0.4) is 0 Å². The normalized spacial score (nSPS) is 13.1. The van der Waals surface area contributed by atoms with Crippen molar-refractivity contribution < 1.29 is 9.32 Å². The molecule has 3 aromatic rings. The lowest BCUT2D eigenvalue weighted by Gasteiger charge is -2.09. The summed E-state index contributed by atoms with van der Waals surface area (Å²) in [5.41, 5.74) is 3.02. The van der Waals surface area contributed by atoms with E-state index in [1.807, 2.05) is 12.1 Å². The van der Waals surface area contributed by atoms with Gasteiger partial charge in [0.1, 0.15) is 28.1 Å². The van der Waals surface area contributed by atoms with E-state index in [0.29, 0.717) is 38.2 Å². The van der Waals surface area contributed by atoms with Crippen molar-refractivity contribution in [3.05, 3.63) is 56.6 Å². The molecule has 0 spiro atoms. The summed E-state index contributed by atoms with van der Waals surface area (Å²) in [4.78, 5) is 14.2. The lowest BCUT2D eigenvalue weighted by molar-refractivity contribution is 0.102. The van der Waals surface area contributed by atoms with Crippen molar-refractivity contribution in [2.45, 2.75) is 32.6 Å². The largest absolute Gasteiger partial charge is 0.360 e. The Balaban J connectivity index is 1.72. The molecule has 0 saturated heterocycles. The van der Waals surface area contributed by atoms with E-state index in [1.165, 1.54) is 16.2 Å². The lowest BCUT2D eigenvalue weighted by atomic mass is 9.96. The number of thiophene rings is 1. The zero-order valence-electron chi connectivity index (χ0n) is 14.6. The smallest absolute Gasteiger partial charge is 0.262 e. The highest BCUT2D eigenvalue weighted by Gasteiger charge is 2.26. The minimum Gasteiger partial charge on any atom is -0.360 e. The van der Waals surface area contributed by atoms with E-state index in [1.54, 1.807) is 19.1 Å². The average molecular weight is 398 g/mol. The highest BCUT2D eigenvalue weighted by Crippen LogP contribution is 2.38. The molecule has 0 saturated carbocycles. The van der Waals surface area contributed by atoms with Gasteiger partial charge >= 0.3 is 0 Å². The number of fused-ring (bicyclic) bond motifs is 1. The summed E-state index contributed by atoms with van der Waals surface area (Å²) < 4.78 is 5.27. The van der Waals surface area contributed by atoms with Crippen molar-refractivity contribution in [2.24, 2.45) is 0 Å². The van der Waals surface area contributed by atoms with Gasteiger partial charge in [0.15, 0.2) is 0 Å². The Morgan fingerprint density at radius 3 is 2.89 bits per heavy atom. The van der Waals surface area contributed by atoms with Crippen LogP contribution in [-0.4, -0.2) is 11.1 Å². The number of amides is 1. The zero-order chi connectivity index (χ0) is 19.0. The monoisotopic (exact) mass is 397 g/mol. The van der Waals surface area contributed by atoms with Gasteiger partial charge in [-0.3, -0.25) is 4.79 Å². The van der Waals surface area contributed by atoms with Crippen LogP contribution in [0.4, 0.5) is 5.00 Å². The predicted molar refractivity (Wildman–Crippen MR) is 105 cm³/mol. The molecular weight excluding hydrogens is 382 g/mol. The number of hydrogen-bond donors (Lipinski definition) is 1. The first-order chi connectivity index (χ1) is 13.1. The molecule has 7 heteroatoms. The van der Waals surface area contributed by atoms with E-state index in [2.05, 4.69) is 16.5 Å². The van der Waals surface area contributed by atoms with Crippen LogP contribution < -0.4 is 5.32 Å². The van der Waals surface area contributed by atoms with Gasteiger partial charge in [-0.2, -0.15) is 5.26 Å². The van der Waals surface area contributed by atoms with E-state index >= 15 is 0 Å². The number of anilines is 1. The number of rotatable bonds is 3. The third-order valence-corrected chi connectivity index (χ3v) is 6.27. The number of halogens is 1. The van der Waals surface area contributed by atoms with Crippen molar-refractivity contribution in [3.63, 3.8) is 0 Å².